The molecule has 0 aliphatic heterocycles. The number of hydrogen-bond donors (Lipinski definition) is 3. The number of rotatable bonds is 8. The zero-order valence-corrected chi connectivity index (χ0v) is 13.1. The van der Waals surface area contributed by atoms with Crippen LogP contribution in [0.15, 0.2) is 18.2 Å². The molecule has 2 amide bonds. The van der Waals surface area contributed by atoms with Crippen LogP contribution >= 0.6 is 0 Å². The molecule has 0 radical (unpaired) electrons. The minimum Gasteiger partial charge on any atom is -0.376 e. The van der Waals surface area contributed by atoms with Gasteiger partial charge in [0.25, 0.3) is 0 Å². The Morgan fingerprint density at radius 3 is 2.57 bits per heavy atom. The highest BCUT2D eigenvalue weighted by Gasteiger charge is 2.05. The number of benzene rings is 1. The second-order valence-corrected chi connectivity index (χ2v) is 4.99. The zero-order chi connectivity index (χ0) is 15.7. The molecule has 0 aromatic heterocycles. The Balaban J connectivity index is 2.55. The Hall–Kier alpha value is -2.04. The van der Waals surface area contributed by atoms with Gasteiger partial charge < -0.3 is 16.0 Å². The van der Waals surface area contributed by atoms with Gasteiger partial charge in [-0.1, -0.05) is 26.3 Å². The van der Waals surface area contributed by atoms with Crippen LogP contribution in [0.25, 0.3) is 0 Å². The predicted molar refractivity (Wildman–Crippen MR) is 86.5 cm³/mol. The van der Waals surface area contributed by atoms with Gasteiger partial charge in [-0.3, -0.25) is 9.59 Å². The van der Waals surface area contributed by atoms with Crippen LogP contribution in [0.3, 0.4) is 0 Å². The van der Waals surface area contributed by atoms with Crippen molar-refractivity contribution in [3.8, 4) is 0 Å². The van der Waals surface area contributed by atoms with Crippen LogP contribution in [0, 0.1) is 6.92 Å². The lowest BCUT2D eigenvalue weighted by molar-refractivity contribution is -0.119. The van der Waals surface area contributed by atoms with Gasteiger partial charge in [-0.05, 0) is 31.0 Å². The number of unbranched alkanes of at least 4 members (excludes halogenated alkanes) is 1. The monoisotopic (exact) mass is 291 g/mol. The van der Waals surface area contributed by atoms with E-state index in [9.17, 15) is 9.59 Å². The zero-order valence-electron chi connectivity index (χ0n) is 13.1. The average Bonchev–Trinajstić information content (AvgIpc) is 2.48. The van der Waals surface area contributed by atoms with Gasteiger partial charge >= 0.3 is 0 Å². The third-order valence-electron chi connectivity index (χ3n) is 3.13. The van der Waals surface area contributed by atoms with E-state index in [-0.39, 0.29) is 18.4 Å². The molecule has 0 unspecified atom stereocenters. The molecule has 0 spiro atoms. The van der Waals surface area contributed by atoms with Gasteiger partial charge in [0.15, 0.2) is 0 Å². The molecule has 5 heteroatoms. The molecule has 0 heterocycles. The number of anilines is 2. The molecule has 21 heavy (non-hydrogen) atoms. The molecular formula is C16H25N3O2. The second-order valence-electron chi connectivity index (χ2n) is 4.99. The topological polar surface area (TPSA) is 70.2 Å². The summed E-state index contributed by atoms with van der Waals surface area (Å²) in [5.41, 5.74) is 2.63. The van der Waals surface area contributed by atoms with Crippen molar-refractivity contribution >= 4 is 23.2 Å². The maximum atomic E-state index is 11.7. The molecule has 0 saturated carbocycles. The first-order valence-corrected chi connectivity index (χ1v) is 7.47. The van der Waals surface area contributed by atoms with Crippen molar-refractivity contribution in [1.29, 1.82) is 0 Å². The number of hydrogen-bond acceptors (Lipinski definition) is 3. The highest BCUT2D eigenvalue weighted by atomic mass is 16.2. The minimum atomic E-state index is -0.0258. The number of amides is 2. The maximum absolute atomic E-state index is 11.7. The maximum Gasteiger partial charge on any atom is 0.239 e. The molecule has 1 aromatic carbocycles. The highest BCUT2D eigenvalue weighted by molar-refractivity contribution is 5.91. The molecule has 0 fully saturated rings. The highest BCUT2D eigenvalue weighted by Crippen LogP contribution is 2.20. The largest absolute Gasteiger partial charge is 0.376 e. The summed E-state index contributed by atoms with van der Waals surface area (Å²) in [5, 5.41) is 8.78. The number of nitrogens with one attached hydrogen (secondary N) is 3. The molecule has 0 aliphatic carbocycles. The Labute approximate surface area is 126 Å². The number of carbonyl (C=O) groups is 2. The molecule has 5 nitrogen and oxygen atoms in total. The summed E-state index contributed by atoms with van der Waals surface area (Å²) >= 11 is 0. The Morgan fingerprint density at radius 1 is 1.14 bits per heavy atom. The van der Waals surface area contributed by atoms with Crippen molar-refractivity contribution in [2.45, 2.75) is 40.0 Å². The van der Waals surface area contributed by atoms with Crippen LogP contribution < -0.4 is 16.0 Å². The van der Waals surface area contributed by atoms with Crippen LogP contribution in [0.2, 0.25) is 0 Å². The van der Waals surface area contributed by atoms with Crippen molar-refractivity contribution < 1.29 is 9.59 Å². The molecule has 1 rings (SSSR count). The molecule has 3 N–H and O–H groups in total. The van der Waals surface area contributed by atoms with Crippen LogP contribution in [-0.2, 0) is 9.59 Å². The van der Waals surface area contributed by atoms with Crippen molar-refractivity contribution in [2.24, 2.45) is 0 Å². The van der Waals surface area contributed by atoms with E-state index in [1.165, 1.54) is 0 Å². The average molecular weight is 291 g/mol. The van der Waals surface area contributed by atoms with Crippen molar-refractivity contribution in [3.05, 3.63) is 23.8 Å². The first-order valence-electron chi connectivity index (χ1n) is 7.47. The van der Waals surface area contributed by atoms with Gasteiger partial charge in [0, 0.05) is 24.3 Å². The van der Waals surface area contributed by atoms with Crippen LogP contribution in [0.5, 0.6) is 0 Å². The van der Waals surface area contributed by atoms with Gasteiger partial charge in [-0.15, -0.1) is 0 Å². The predicted octanol–water partition coefficient (Wildman–Crippen LogP) is 2.67. The Morgan fingerprint density at radius 2 is 1.90 bits per heavy atom. The van der Waals surface area contributed by atoms with Crippen LogP contribution in [0.1, 0.15) is 38.7 Å². The standard InChI is InChI=1S/C16H25N3O2/c1-4-6-9-17-16(21)11-18-14-10-13(8-7-12(14)3)19-15(20)5-2/h7-8,10,18H,4-6,9,11H2,1-3H3,(H,17,21)(H,19,20). The molecule has 0 atom stereocenters. The Bertz CT molecular complexity index is 486. The summed E-state index contributed by atoms with van der Waals surface area (Å²) in [6.07, 6.45) is 2.49. The van der Waals surface area contributed by atoms with Crippen LogP contribution in [-0.4, -0.2) is 24.9 Å². The van der Waals surface area contributed by atoms with E-state index in [0.29, 0.717) is 13.0 Å². The lowest BCUT2D eigenvalue weighted by Gasteiger charge is -2.12. The SMILES string of the molecule is CCCCNC(=O)CNc1cc(NC(=O)CC)ccc1C. The molecule has 1 aromatic rings. The van der Waals surface area contributed by atoms with Gasteiger partial charge in [-0.2, -0.15) is 0 Å². The smallest absolute Gasteiger partial charge is 0.239 e. The lowest BCUT2D eigenvalue weighted by Crippen LogP contribution is -2.30. The van der Waals surface area contributed by atoms with Gasteiger partial charge in [-0.25, -0.2) is 0 Å². The van der Waals surface area contributed by atoms with E-state index >= 15 is 0 Å². The summed E-state index contributed by atoms with van der Waals surface area (Å²) in [6, 6.07) is 5.63. The summed E-state index contributed by atoms with van der Waals surface area (Å²) < 4.78 is 0. The summed E-state index contributed by atoms with van der Waals surface area (Å²) in [4.78, 5) is 23.1. The first kappa shape index (κ1) is 17.0. The Kier molecular flexibility index (Phi) is 7.29. The number of carbonyl (C=O) groups excluding carboxylic acids is 2. The summed E-state index contributed by atoms with van der Waals surface area (Å²) in [5.74, 6) is -0.0482. The van der Waals surface area contributed by atoms with Gasteiger partial charge in [0.05, 0.1) is 6.54 Å². The summed E-state index contributed by atoms with van der Waals surface area (Å²) in [6.45, 7) is 6.80. The fourth-order valence-electron chi connectivity index (χ4n) is 1.78. The number of aryl methyl sites for hydroxylation is 1. The molecule has 116 valence electrons. The van der Waals surface area contributed by atoms with E-state index < -0.39 is 0 Å². The van der Waals surface area contributed by atoms with E-state index in [2.05, 4.69) is 22.9 Å². The van der Waals surface area contributed by atoms with E-state index in [1.807, 2.05) is 32.0 Å². The van der Waals surface area contributed by atoms with Gasteiger partial charge in [0.2, 0.25) is 11.8 Å². The van der Waals surface area contributed by atoms with E-state index in [0.717, 1.165) is 29.8 Å². The molecule has 0 bridgehead atoms. The minimum absolute atomic E-state index is 0.0224. The fourth-order valence-corrected chi connectivity index (χ4v) is 1.78. The lowest BCUT2D eigenvalue weighted by atomic mass is 10.1. The molecule has 0 aliphatic rings. The normalized spacial score (nSPS) is 10.0. The third-order valence-corrected chi connectivity index (χ3v) is 3.13. The van der Waals surface area contributed by atoms with E-state index in [1.54, 1.807) is 0 Å². The molecular weight excluding hydrogens is 266 g/mol. The van der Waals surface area contributed by atoms with Crippen molar-refractivity contribution in [1.82, 2.24) is 5.32 Å². The van der Waals surface area contributed by atoms with E-state index in [4.69, 9.17) is 0 Å². The quantitative estimate of drug-likeness (QED) is 0.645. The van der Waals surface area contributed by atoms with Crippen molar-refractivity contribution in [2.75, 3.05) is 23.7 Å². The summed E-state index contributed by atoms with van der Waals surface area (Å²) in [7, 11) is 0. The fraction of sp³-hybridized carbons (Fsp3) is 0.500. The van der Waals surface area contributed by atoms with Crippen molar-refractivity contribution in [3.63, 3.8) is 0 Å². The van der Waals surface area contributed by atoms with Gasteiger partial charge in [0.1, 0.15) is 0 Å². The first-order chi connectivity index (χ1) is 10.1. The molecule has 0 saturated heterocycles. The van der Waals surface area contributed by atoms with Crippen LogP contribution in [0.4, 0.5) is 11.4 Å². The third kappa shape index (κ3) is 6.29. The second kappa shape index (κ2) is 9.00.